The Labute approximate surface area is 143 Å². The Morgan fingerprint density at radius 2 is 2.23 bits per heavy atom. The highest BCUT2D eigenvalue weighted by Crippen LogP contribution is 2.37. The van der Waals surface area contributed by atoms with E-state index in [-0.39, 0.29) is 0 Å². The summed E-state index contributed by atoms with van der Waals surface area (Å²) in [5.74, 6) is 0.516. The molecule has 0 bridgehead atoms. The molecule has 1 aromatic carbocycles. The molecule has 118 valence electrons. The number of carbonyl (C=O) groups excluding carboxylic acids is 1. The second-order valence-corrected chi connectivity index (χ2v) is 6.81. The first-order chi connectivity index (χ1) is 10.4. The van der Waals surface area contributed by atoms with Crippen LogP contribution in [0.2, 0.25) is 0 Å². The van der Waals surface area contributed by atoms with Gasteiger partial charge in [0.2, 0.25) is 0 Å². The lowest BCUT2D eigenvalue weighted by molar-refractivity contribution is -0.120. The standard InChI is InChI=1S/C15H14Cl3NO3/c1-3-12(19-14(20)15(16,17)18)11-8-10(21-2)7-9-5-4-6-22-13(9)11/h3-5,7-8,12H,1,6H2,2H3,(H,19,20). The van der Waals surface area contributed by atoms with Crippen LogP contribution in [-0.4, -0.2) is 23.4 Å². The Hall–Kier alpha value is -1.36. The van der Waals surface area contributed by atoms with Crippen LogP contribution < -0.4 is 14.8 Å². The number of methoxy groups -OCH3 is 1. The van der Waals surface area contributed by atoms with E-state index in [0.717, 1.165) is 5.56 Å². The van der Waals surface area contributed by atoms with E-state index in [1.165, 1.54) is 6.08 Å². The summed E-state index contributed by atoms with van der Waals surface area (Å²) >= 11 is 16.8. The Bertz CT molecular complexity index is 623. The van der Waals surface area contributed by atoms with Crippen molar-refractivity contribution in [1.29, 1.82) is 0 Å². The van der Waals surface area contributed by atoms with Crippen LogP contribution in [0.1, 0.15) is 17.2 Å². The molecule has 0 fully saturated rings. The van der Waals surface area contributed by atoms with E-state index in [9.17, 15) is 4.79 Å². The summed E-state index contributed by atoms with van der Waals surface area (Å²) in [6, 6.07) is 3.01. The van der Waals surface area contributed by atoms with Crippen LogP contribution in [-0.2, 0) is 4.79 Å². The van der Waals surface area contributed by atoms with Crippen molar-refractivity contribution < 1.29 is 14.3 Å². The van der Waals surface area contributed by atoms with E-state index >= 15 is 0 Å². The van der Waals surface area contributed by atoms with Crippen LogP contribution in [0.5, 0.6) is 11.5 Å². The Kier molecular flexibility index (Phi) is 5.27. The molecule has 0 aromatic heterocycles. The molecule has 0 spiro atoms. The zero-order valence-corrected chi connectivity index (χ0v) is 14.0. The molecular formula is C15H14Cl3NO3. The van der Waals surface area contributed by atoms with Gasteiger partial charge in [0.1, 0.15) is 18.1 Å². The van der Waals surface area contributed by atoms with Crippen molar-refractivity contribution in [2.45, 2.75) is 9.83 Å². The van der Waals surface area contributed by atoms with Crippen molar-refractivity contribution in [2.75, 3.05) is 13.7 Å². The third-order valence-electron chi connectivity index (χ3n) is 3.09. The number of hydrogen-bond donors (Lipinski definition) is 1. The number of ether oxygens (including phenoxy) is 2. The summed E-state index contributed by atoms with van der Waals surface area (Å²) < 4.78 is 8.88. The smallest absolute Gasteiger partial charge is 0.272 e. The van der Waals surface area contributed by atoms with Crippen molar-refractivity contribution in [1.82, 2.24) is 5.32 Å². The Morgan fingerprint density at radius 1 is 1.50 bits per heavy atom. The molecule has 1 atom stereocenters. The maximum absolute atomic E-state index is 11.9. The second kappa shape index (κ2) is 6.82. The van der Waals surface area contributed by atoms with Crippen molar-refractivity contribution in [2.24, 2.45) is 0 Å². The van der Waals surface area contributed by atoms with Gasteiger partial charge in [-0.2, -0.15) is 0 Å². The number of halogens is 3. The number of carbonyl (C=O) groups is 1. The Morgan fingerprint density at radius 3 is 2.82 bits per heavy atom. The summed E-state index contributed by atoms with van der Waals surface area (Å²) in [5, 5.41) is 2.61. The number of hydrogen-bond acceptors (Lipinski definition) is 3. The largest absolute Gasteiger partial charge is 0.497 e. The second-order valence-electron chi connectivity index (χ2n) is 4.53. The lowest BCUT2D eigenvalue weighted by Gasteiger charge is -2.24. The lowest BCUT2D eigenvalue weighted by atomic mass is 9.99. The number of nitrogens with one attached hydrogen (secondary N) is 1. The summed E-state index contributed by atoms with van der Waals surface area (Å²) in [4.78, 5) is 11.9. The molecule has 4 nitrogen and oxygen atoms in total. The van der Waals surface area contributed by atoms with Gasteiger partial charge >= 0.3 is 0 Å². The predicted octanol–water partition coefficient (Wildman–Crippen LogP) is 3.81. The maximum atomic E-state index is 11.9. The number of rotatable bonds is 4. The van der Waals surface area contributed by atoms with Gasteiger partial charge in [-0.3, -0.25) is 4.79 Å². The van der Waals surface area contributed by atoms with E-state index < -0.39 is 15.7 Å². The summed E-state index contributed by atoms with van der Waals surface area (Å²) in [6.45, 7) is 4.16. The van der Waals surface area contributed by atoms with E-state index in [0.29, 0.717) is 23.7 Å². The molecule has 22 heavy (non-hydrogen) atoms. The summed E-state index contributed by atoms with van der Waals surface area (Å²) in [6.07, 6.45) is 5.33. The first kappa shape index (κ1) is 17.0. The quantitative estimate of drug-likeness (QED) is 0.654. The third-order valence-corrected chi connectivity index (χ3v) is 3.61. The topological polar surface area (TPSA) is 47.6 Å². The molecular weight excluding hydrogens is 349 g/mol. The third kappa shape index (κ3) is 3.69. The summed E-state index contributed by atoms with van der Waals surface area (Å²) in [5.41, 5.74) is 1.52. The number of alkyl halides is 3. The average molecular weight is 363 g/mol. The van der Waals surface area contributed by atoms with Crippen LogP contribution in [0.25, 0.3) is 6.08 Å². The molecule has 2 rings (SSSR count). The van der Waals surface area contributed by atoms with Gasteiger partial charge in [-0.25, -0.2) is 0 Å². The van der Waals surface area contributed by atoms with Crippen LogP contribution in [0.4, 0.5) is 0 Å². The van der Waals surface area contributed by atoms with Gasteiger partial charge in [0.15, 0.2) is 0 Å². The van der Waals surface area contributed by atoms with Gasteiger partial charge < -0.3 is 14.8 Å². The van der Waals surface area contributed by atoms with E-state index in [2.05, 4.69) is 11.9 Å². The van der Waals surface area contributed by atoms with Gasteiger partial charge in [-0.05, 0) is 18.2 Å². The van der Waals surface area contributed by atoms with Gasteiger partial charge in [-0.1, -0.05) is 47.0 Å². The van der Waals surface area contributed by atoms with E-state index in [1.54, 1.807) is 13.2 Å². The maximum Gasteiger partial charge on any atom is 0.272 e. The van der Waals surface area contributed by atoms with Crippen molar-refractivity contribution in [3.8, 4) is 11.5 Å². The fourth-order valence-electron chi connectivity index (χ4n) is 2.08. The van der Waals surface area contributed by atoms with Crippen LogP contribution in [0, 0.1) is 0 Å². The fourth-order valence-corrected chi connectivity index (χ4v) is 2.24. The Balaban J connectivity index is 2.42. The molecule has 0 aliphatic carbocycles. The van der Waals surface area contributed by atoms with Gasteiger partial charge in [0.05, 0.1) is 13.2 Å². The minimum Gasteiger partial charge on any atom is -0.497 e. The minimum absolute atomic E-state index is 0.439. The normalized spacial score (nSPS) is 14.5. The molecule has 1 N–H and O–H groups in total. The number of fused-ring (bicyclic) bond motifs is 1. The highest BCUT2D eigenvalue weighted by Gasteiger charge is 2.33. The molecule has 1 unspecified atom stereocenters. The lowest BCUT2D eigenvalue weighted by Crippen LogP contribution is -2.36. The van der Waals surface area contributed by atoms with Crippen molar-refractivity contribution >= 4 is 46.8 Å². The molecule has 1 amide bonds. The van der Waals surface area contributed by atoms with Crippen molar-refractivity contribution in [3.05, 3.63) is 42.0 Å². The highest BCUT2D eigenvalue weighted by atomic mass is 35.6. The molecule has 0 radical (unpaired) electrons. The van der Waals surface area contributed by atoms with Crippen molar-refractivity contribution in [3.63, 3.8) is 0 Å². The zero-order valence-electron chi connectivity index (χ0n) is 11.7. The highest BCUT2D eigenvalue weighted by molar-refractivity contribution is 6.76. The van der Waals surface area contributed by atoms with Gasteiger partial charge in [0, 0.05) is 11.1 Å². The number of benzene rings is 1. The predicted molar refractivity (Wildman–Crippen MR) is 88.9 cm³/mol. The van der Waals surface area contributed by atoms with Crippen LogP contribution >= 0.6 is 34.8 Å². The molecule has 0 saturated heterocycles. The fraction of sp³-hybridized carbons (Fsp3) is 0.267. The van der Waals surface area contributed by atoms with Crippen LogP contribution in [0.15, 0.2) is 30.9 Å². The molecule has 1 heterocycles. The minimum atomic E-state index is -2.05. The van der Waals surface area contributed by atoms with E-state index in [1.807, 2.05) is 18.2 Å². The zero-order chi connectivity index (χ0) is 16.3. The first-order valence-electron chi connectivity index (χ1n) is 6.38. The number of amides is 1. The van der Waals surface area contributed by atoms with Gasteiger partial charge in [0.25, 0.3) is 9.70 Å². The monoisotopic (exact) mass is 361 g/mol. The van der Waals surface area contributed by atoms with Crippen LogP contribution in [0.3, 0.4) is 0 Å². The summed E-state index contributed by atoms with van der Waals surface area (Å²) in [7, 11) is 1.56. The average Bonchev–Trinajstić information content (AvgIpc) is 2.50. The van der Waals surface area contributed by atoms with Gasteiger partial charge in [-0.15, -0.1) is 6.58 Å². The molecule has 1 aliphatic heterocycles. The molecule has 7 heteroatoms. The molecule has 1 aromatic rings. The SMILES string of the molecule is C=CC(NC(=O)C(Cl)(Cl)Cl)c1cc(OC)cc2c1OCC=C2. The first-order valence-corrected chi connectivity index (χ1v) is 7.51. The van der Waals surface area contributed by atoms with E-state index in [4.69, 9.17) is 44.3 Å². The molecule has 1 aliphatic rings. The molecule has 0 saturated carbocycles.